The molecule has 0 fully saturated rings. The number of benzene rings is 8. The Balaban J connectivity index is 1.49. The van der Waals surface area contributed by atoms with Crippen LogP contribution >= 0.6 is 0 Å². The molecular weight excluding hydrogens is 542 g/mol. The van der Waals surface area contributed by atoms with Gasteiger partial charge in [-0.2, -0.15) is 0 Å². The Labute approximate surface area is 259 Å². The van der Waals surface area contributed by atoms with Crippen molar-refractivity contribution in [3.8, 4) is 44.5 Å². The van der Waals surface area contributed by atoms with E-state index in [1.54, 1.807) is 0 Å². The average Bonchev–Trinajstić information content (AvgIpc) is 3.63. The normalized spacial score (nSPS) is 12.4. The Bertz CT molecular complexity index is 2870. The van der Waals surface area contributed by atoms with Gasteiger partial charge in [-0.1, -0.05) is 140 Å². The van der Waals surface area contributed by atoms with E-state index in [-0.39, 0.29) is 0 Å². The second-order valence-electron chi connectivity index (χ2n) is 12.4. The van der Waals surface area contributed by atoms with Crippen molar-refractivity contribution in [3.63, 3.8) is 0 Å². The zero-order valence-electron chi connectivity index (χ0n) is 24.4. The summed E-state index contributed by atoms with van der Waals surface area (Å²) in [6, 6.07) is 56.5. The molecule has 0 unspecified atom stereocenters. The van der Waals surface area contributed by atoms with Crippen LogP contribution in [0.3, 0.4) is 0 Å². The van der Waals surface area contributed by atoms with Crippen molar-refractivity contribution in [1.29, 1.82) is 0 Å². The van der Waals surface area contributed by atoms with Crippen LogP contribution < -0.4 is 0 Å². The third kappa shape index (κ3) is 2.84. The van der Waals surface area contributed by atoms with Gasteiger partial charge >= 0.3 is 0 Å². The monoisotopic (exact) mass is 567 g/mol. The molecule has 0 radical (unpaired) electrons. The Morgan fingerprint density at radius 3 is 1.49 bits per heavy atom. The van der Waals surface area contributed by atoms with Crippen LogP contribution in [0.25, 0.3) is 104 Å². The molecule has 2 heterocycles. The van der Waals surface area contributed by atoms with Gasteiger partial charge in [-0.25, -0.2) is 0 Å². The van der Waals surface area contributed by atoms with Gasteiger partial charge in [0.05, 0.1) is 16.6 Å². The van der Waals surface area contributed by atoms with Crippen LogP contribution in [0.4, 0.5) is 0 Å². The second kappa shape index (κ2) is 8.37. The molecule has 1 aliphatic carbocycles. The molecule has 0 bridgehead atoms. The highest BCUT2D eigenvalue weighted by atomic mass is 14.9. The van der Waals surface area contributed by atoms with Crippen LogP contribution in [0.2, 0.25) is 0 Å². The van der Waals surface area contributed by atoms with Gasteiger partial charge in [-0.05, 0) is 72.8 Å². The highest BCUT2D eigenvalue weighted by Gasteiger charge is 2.28. The van der Waals surface area contributed by atoms with Crippen LogP contribution in [0.1, 0.15) is 0 Å². The summed E-state index contributed by atoms with van der Waals surface area (Å²) in [7, 11) is 0. The molecule has 0 saturated heterocycles. The second-order valence-corrected chi connectivity index (χ2v) is 12.4. The lowest BCUT2D eigenvalue weighted by Gasteiger charge is -2.26. The van der Waals surface area contributed by atoms with Crippen molar-refractivity contribution in [2.45, 2.75) is 0 Å². The van der Waals surface area contributed by atoms with Crippen molar-refractivity contribution in [2.75, 3.05) is 0 Å². The molecule has 11 rings (SSSR count). The van der Waals surface area contributed by atoms with E-state index in [9.17, 15) is 0 Å². The number of para-hydroxylation sites is 2. The highest BCUT2D eigenvalue weighted by molar-refractivity contribution is 6.36. The summed E-state index contributed by atoms with van der Waals surface area (Å²) >= 11 is 0. The van der Waals surface area contributed by atoms with Crippen LogP contribution in [0, 0.1) is 0 Å². The number of hydrogen-bond acceptors (Lipinski definition) is 0. The van der Waals surface area contributed by atoms with Crippen LogP contribution in [0.15, 0.2) is 152 Å². The summed E-state index contributed by atoms with van der Waals surface area (Å²) in [6.07, 6.45) is 0. The maximum absolute atomic E-state index is 2.51. The molecule has 0 aliphatic heterocycles. The molecule has 1 nitrogen and oxygen atoms in total. The largest absolute Gasteiger partial charge is 0.308 e. The minimum absolute atomic E-state index is 1.26. The molecule has 45 heavy (non-hydrogen) atoms. The van der Waals surface area contributed by atoms with Crippen LogP contribution in [-0.4, -0.2) is 4.40 Å². The standard InChI is InChI=1S/C44H25N/c1-2-13-27-26(12-1)28-14-3-6-18-32(28)40-33-19-7-5-16-30(33)35-24-25-39-41(43(35)42(40)34-20-8-4-15-29(27)34)37-22-11-21-36-31-17-9-10-23-38(31)45(39)44(36)37/h1-25H. The first-order chi connectivity index (χ1) is 22.4. The minimum atomic E-state index is 1.26. The fraction of sp³-hybridized carbons (Fsp3) is 0. The first kappa shape index (κ1) is 23.5. The molecule has 0 atom stereocenters. The molecule has 206 valence electrons. The average molecular weight is 568 g/mol. The lowest BCUT2D eigenvalue weighted by atomic mass is 9.76. The Hall–Kier alpha value is -5.92. The van der Waals surface area contributed by atoms with Gasteiger partial charge in [0, 0.05) is 26.9 Å². The molecular formula is C44H25N. The topological polar surface area (TPSA) is 4.41 Å². The van der Waals surface area contributed by atoms with Gasteiger partial charge in [-0.3, -0.25) is 0 Å². The molecule has 10 aromatic rings. The summed E-state index contributed by atoms with van der Waals surface area (Å²) in [6.45, 7) is 0. The van der Waals surface area contributed by atoms with Crippen LogP contribution in [-0.2, 0) is 0 Å². The van der Waals surface area contributed by atoms with Crippen molar-refractivity contribution in [1.82, 2.24) is 4.40 Å². The van der Waals surface area contributed by atoms with E-state index < -0.39 is 0 Å². The van der Waals surface area contributed by atoms with E-state index in [4.69, 9.17) is 0 Å². The third-order valence-corrected chi connectivity index (χ3v) is 10.3. The molecule has 0 saturated carbocycles. The van der Waals surface area contributed by atoms with E-state index in [0.29, 0.717) is 0 Å². The maximum Gasteiger partial charge on any atom is 0.0620 e. The maximum atomic E-state index is 2.51. The van der Waals surface area contributed by atoms with Crippen molar-refractivity contribution in [2.24, 2.45) is 0 Å². The zero-order valence-corrected chi connectivity index (χ0v) is 24.4. The summed E-state index contributed by atoms with van der Waals surface area (Å²) in [4.78, 5) is 0. The van der Waals surface area contributed by atoms with Crippen molar-refractivity contribution >= 4 is 59.6 Å². The molecule has 0 N–H and O–H groups in total. The fourth-order valence-corrected chi connectivity index (χ4v) is 8.57. The number of aromatic nitrogens is 1. The van der Waals surface area contributed by atoms with E-state index in [1.165, 1.54) is 104 Å². The first-order valence-electron chi connectivity index (χ1n) is 15.7. The summed E-state index contributed by atoms with van der Waals surface area (Å²) in [5.74, 6) is 0. The molecule has 0 spiro atoms. The quantitative estimate of drug-likeness (QED) is 0.161. The lowest BCUT2D eigenvalue weighted by Crippen LogP contribution is -1.99. The zero-order chi connectivity index (χ0) is 29.2. The first-order valence-corrected chi connectivity index (χ1v) is 15.7. The predicted molar refractivity (Wildman–Crippen MR) is 191 cm³/mol. The van der Waals surface area contributed by atoms with Crippen molar-refractivity contribution < 1.29 is 0 Å². The van der Waals surface area contributed by atoms with Gasteiger partial charge in [0.2, 0.25) is 0 Å². The third-order valence-electron chi connectivity index (χ3n) is 10.3. The molecule has 1 heteroatoms. The summed E-state index contributed by atoms with van der Waals surface area (Å²) in [5, 5.41) is 10.5. The van der Waals surface area contributed by atoms with Gasteiger partial charge in [0.15, 0.2) is 0 Å². The van der Waals surface area contributed by atoms with Gasteiger partial charge in [0.1, 0.15) is 0 Å². The van der Waals surface area contributed by atoms with Gasteiger partial charge < -0.3 is 4.40 Å². The Kier molecular flexibility index (Phi) is 4.38. The van der Waals surface area contributed by atoms with Gasteiger partial charge in [0.25, 0.3) is 0 Å². The van der Waals surface area contributed by atoms with Crippen molar-refractivity contribution in [3.05, 3.63) is 152 Å². The highest BCUT2D eigenvalue weighted by Crippen LogP contribution is 2.55. The number of rotatable bonds is 0. The minimum Gasteiger partial charge on any atom is -0.308 e. The summed E-state index contributed by atoms with van der Waals surface area (Å²) < 4.78 is 2.51. The number of fused-ring (bicyclic) bond motifs is 20. The van der Waals surface area contributed by atoms with E-state index in [1.807, 2.05) is 0 Å². The number of nitrogens with zero attached hydrogens (tertiary/aromatic N) is 1. The van der Waals surface area contributed by atoms with E-state index >= 15 is 0 Å². The molecule has 2 aromatic heterocycles. The molecule has 1 aliphatic rings. The fourth-order valence-electron chi connectivity index (χ4n) is 8.57. The van der Waals surface area contributed by atoms with Gasteiger partial charge in [-0.15, -0.1) is 0 Å². The SMILES string of the molecule is c1ccc2c(c1)-c1ccccc1-c1c(c3c(ccc4c3c3cccc5c6ccccc6n4c53)c3ccccc13)-c1ccccc1-2. The number of hydrogen-bond donors (Lipinski definition) is 0. The molecule has 8 aromatic carbocycles. The Morgan fingerprint density at radius 2 is 0.778 bits per heavy atom. The predicted octanol–water partition coefficient (Wildman–Crippen LogP) is 12.1. The Morgan fingerprint density at radius 1 is 0.267 bits per heavy atom. The lowest BCUT2D eigenvalue weighted by molar-refractivity contribution is 1.37. The van der Waals surface area contributed by atoms with E-state index in [2.05, 4.69) is 156 Å². The smallest absolute Gasteiger partial charge is 0.0620 e. The summed E-state index contributed by atoms with van der Waals surface area (Å²) in [5.41, 5.74) is 14.2. The van der Waals surface area contributed by atoms with E-state index in [0.717, 1.165) is 0 Å². The molecule has 0 amide bonds. The van der Waals surface area contributed by atoms with Crippen LogP contribution in [0.5, 0.6) is 0 Å².